The molecule has 158 valence electrons. The number of carbonyl (C=O) groups excluding carboxylic acids is 2. The molecule has 2 saturated heterocycles. The van der Waals surface area contributed by atoms with Crippen LogP contribution in [0, 0.1) is 11.7 Å². The van der Waals surface area contributed by atoms with Gasteiger partial charge in [0.05, 0.1) is 18.2 Å². The van der Waals surface area contributed by atoms with Gasteiger partial charge < -0.3 is 20.7 Å². The third-order valence-electron chi connectivity index (χ3n) is 5.61. The topological polar surface area (TPSA) is 101 Å². The molecule has 2 amide bonds. The van der Waals surface area contributed by atoms with E-state index in [0.717, 1.165) is 32.0 Å². The van der Waals surface area contributed by atoms with Crippen LogP contribution in [0.2, 0.25) is 0 Å². The Labute approximate surface area is 173 Å². The van der Waals surface area contributed by atoms with E-state index in [0.29, 0.717) is 16.8 Å². The molecule has 2 fully saturated rings. The van der Waals surface area contributed by atoms with E-state index in [9.17, 15) is 14.0 Å². The highest BCUT2D eigenvalue weighted by Crippen LogP contribution is 2.30. The Morgan fingerprint density at radius 3 is 2.70 bits per heavy atom. The van der Waals surface area contributed by atoms with Gasteiger partial charge in [-0.2, -0.15) is 0 Å². The number of cyclic esters (lactones) is 1. The summed E-state index contributed by atoms with van der Waals surface area (Å²) in [5, 5.41) is 3.30. The first kappa shape index (κ1) is 20.1. The van der Waals surface area contributed by atoms with Crippen molar-refractivity contribution in [2.45, 2.75) is 13.0 Å². The number of nitrogens with zero attached hydrogens (tertiary/aromatic N) is 3. The van der Waals surface area contributed by atoms with Gasteiger partial charge in [-0.15, -0.1) is 0 Å². The molecule has 1 aromatic heterocycles. The van der Waals surface area contributed by atoms with Crippen molar-refractivity contribution in [1.82, 2.24) is 10.3 Å². The van der Waals surface area contributed by atoms with Crippen LogP contribution in [0.1, 0.15) is 6.92 Å². The maximum absolute atomic E-state index is 14.9. The second kappa shape index (κ2) is 8.27. The predicted molar refractivity (Wildman–Crippen MR) is 111 cm³/mol. The average Bonchev–Trinajstić information content (AvgIpc) is 3.15. The number of benzene rings is 1. The minimum absolute atomic E-state index is 0.142. The van der Waals surface area contributed by atoms with E-state index in [1.165, 1.54) is 11.0 Å². The van der Waals surface area contributed by atoms with Crippen LogP contribution in [0.15, 0.2) is 36.5 Å². The summed E-state index contributed by atoms with van der Waals surface area (Å²) in [6, 6.07) is 8.29. The van der Waals surface area contributed by atoms with Crippen molar-refractivity contribution < 1.29 is 18.7 Å². The van der Waals surface area contributed by atoms with Crippen molar-refractivity contribution in [2.24, 2.45) is 11.7 Å². The predicted octanol–water partition coefficient (Wildman–Crippen LogP) is 1.74. The summed E-state index contributed by atoms with van der Waals surface area (Å²) in [6.07, 6.45) is 0.381. The quantitative estimate of drug-likeness (QED) is 0.775. The molecule has 1 aromatic carbocycles. The summed E-state index contributed by atoms with van der Waals surface area (Å²) in [5.74, 6) is -0.772. The van der Waals surface area contributed by atoms with E-state index in [2.05, 4.69) is 15.2 Å². The van der Waals surface area contributed by atoms with Crippen molar-refractivity contribution >= 4 is 23.5 Å². The number of nitrogens with one attached hydrogen (secondary N) is 1. The molecule has 2 aliphatic rings. The lowest BCUT2D eigenvalue weighted by molar-refractivity contribution is -0.123. The van der Waals surface area contributed by atoms with E-state index in [-0.39, 0.29) is 6.54 Å². The summed E-state index contributed by atoms with van der Waals surface area (Å²) >= 11 is 0. The number of primary amides is 1. The monoisotopic (exact) mass is 413 g/mol. The smallest absolute Gasteiger partial charge is 0.414 e. The Balaban J connectivity index is 1.51. The van der Waals surface area contributed by atoms with Gasteiger partial charge in [0.2, 0.25) is 5.91 Å². The Kier molecular flexibility index (Phi) is 5.54. The number of pyridine rings is 1. The Morgan fingerprint density at radius 2 is 2.07 bits per heavy atom. The van der Waals surface area contributed by atoms with E-state index < -0.39 is 29.8 Å². The van der Waals surface area contributed by atoms with Gasteiger partial charge in [-0.05, 0) is 37.3 Å². The molecule has 4 rings (SSSR count). The Morgan fingerprint density at radius 1 is 1.30 bits per heavy atom. The number of carbonyl (C=O) groups is 2. The summed E-state index contributed by atoms with van der Waals surface area (Å²) in [6.45, 7) is 5.34. The lowest BCUT2D eigenvalue weighted by Gasteiger charge is -2.28. The van der Waals surface area contributed by atoms with Crippen LogP contribution >= 0.6 is 0 Å². The molecule has 2 aliphatic heterocycles. The Bertz CT molecular complexity index is 946. The SMILES string of the molecule is C[C@H](C(N)=O)C1CN(c2ccc(-c3ccc(N4CCNCC4)nc3)c(F)c2)C(=O)O1. The molecule has 8 nitrogen and oxygen atoms in total. The fourth-order valence-electron chi connectivity index (χ4n) is 3.67. The molecule has 9 heteroatoms. The second-order valence-corrected chi connectivity index (χ2v) is 7.53. The first-order valence-electron chi connectivity index (χ1n) is 9.93. The van der Waals surface area contributed by atoms with E-state index in [1.807, 2.05) is 12.1 Å². The number of hydrogen-bond donors (Lipinski definition) is 2. The number of amides is 2. The van der Waals surface area contributed by atoms with Gasteiger partial charge in [-0.1, -0.05) is 0 Å². The van der Waals surface area contributed by atoms with Crippen LogP contribution in [0.25, 0.3) is 11.1 Å². The Hall–Kier alpha value is -3.20. The largest absolute Gasteiger partial charge is 0.443 e. The van der Waals surface area contributed by atoms with Crippen molar-refractivity contribution in [3.05, 3.63) is 42.3 Å². The average molecular weight is 413 g/mol. The molecule has 3 N–H and O–H groups in total. The van der Waals surface area contributed by atoms with Crippen LogP contribution in [-0.2, 0) is 9.53 Å². The van der Waals surface area contributed by atoms with Crippen LogP contribution in [0.4, 0.5) is 20.7 Å². The maximum Gasteiger partial charge on any atom is 0.414 e. The highest BCUT2D eigenvalue weighted by atomic mass is 19.1. The lowest BCUT2D eigenvalue weighted by Crippen LogP contribution is -2.43. The first-order valence-corrected chi connectivity index (χ1v) is 9.93. The van der Waals surface area contributed by atoms with Crippen LogP contribution < -0.4 is 20.9 Å². The summed E-state index contributed by atoms with van der Waals surface area (Å²) in [7, 11) is 0. The van der Waals surface area contributed by atoms with Gasteiger partial charge >= 0.3 is 6.09 Å². The molecule has 0 aliphatic carbocycles. The number of anilines is 2. The van der Waals surface area contributed by atoms with E-state index in [4.69, 9.17) is 10.5 Å². The molecule has 0 saturated carbocycles. The molecule has 1 unspecified atom stereocenters. The number of halogens is 1. The molecular formula is C21H24FN5O3. The van der Waals surface area contributed by atoms with Crippen molar-refractivity contribution in [2.75, 3.05) is 42.5 Å². The molecule has 2 atom stereocenters. The van der Waals surface area contributed by atoms with Crippen molar-refractivity contribution in [3.63, 3.8) is 0 Å². The van der Waals surface area contributed by atoms with Gasteiger partial charge in [0, 0.05) is 43.5 Å². The van der Waals surface area contributed by atoms with Crippen LogP contribution in [-0.4, -0.2) is 55.8 Å². The summed E-state index contributed by atoms with van der Waals surface area (Å²) in [5.41, 5.74) is 6.71. The zero-order valence-electron chi connectivity index (χ0n) is 16.7. The third kappa shape index (κ3) is 3.93. The standard InChI is InChI=1S/C21H24FN5O3/c1-13(20(23)28)18-12-27(21(29)30-18)15-3-4-16(17(22)10-15)14-2-5-19(25-11-14)26-8-6-24-7-9-26/h2-5,10-11,13,18,24H,6-9,12H2,1H3,(H2,23,28)/t13-,18?/m0/s1. The first-order chi connectivity index (χ1) is 14.4. The summed E-state index contributed by atoms with van der Waals surface area (Å²) in [4.78, 5) is 31.5. The highest BCUT2D eigenvalue weighted by Gasteiger charge is 2.37. The number of rotatable bonds is 5. The minimum atomic E-state index is -0.653. The number of nitrogens with two attached hydrogens (primary N) is 1. The molecular weight excluding hydrogens is 389 g/mol. The van der Waals surface area contributed by atoms with Crippen molar-refractivity contribution in [3.8, 4) is 11.1 Å². The minimum Gasteiger partial charge on any atom is -0.443 e. The van der Waals surface area contributed by atoms with Gasteiger partial charge in [0.15, 0.2) is 0 Å². The lowest BCUT2D eigenvalue weighted by atomic mass is 10.0. The third-order valence-corrected chi connectivity index (χ3v) is 5.61. The number of piperazine rings is 1. The second-order valence-electron chi connectivity index (χ2n) is 7.53. The van der Waals surface area contributed by atoms with Gasteiger partial charge in [-0.3, -0.25) is 9.69 Å². The van der Waals surface area contributed by atoms with Crippen LogP contribution in [0.5, 0.6) is 0 Å². The van der Waals surface area contributed by atoms with Gasteiger partial charge in [0.1, 0.15) is 17.7 Å². The summed E-state index contributed by atoms with van der Waals surface area (Å²) < 4.78 is 20.1. The normalized spacial score (nSPS) is 20.2. The maximum atomic E-state index is 14.9. The molecule has 2 aromatic rings. The fraction of sp³-hybridized carbons (Fsp3) is 0.381. The van der Waals surface area contributed by atoms with E-state index in [1.54, 1.807) is 25.3 Å². The zero-order valence-corrected chi connectivity index (χ0v) is 16.7. The molecule has 0 bridgehead atoms. The number of ether oxygens (including phenoxy) is 1. The van der Waals surface area contributed by atoms with Gasteiger partial charge in [-0.25, -0.2) is 14.2 Å². The number of hydrogen-bond acceptors (Lipinski definition) is 6. The fourth-order valence-corrected chi connectivity index (χ4v) is 3.67. The van der Waals surface area contributed by atoms with E-state index >= 15 is 0 Å². The van der Waals surface area contributed by atoms with Gasteiger partial charge in [0.25, 0.3) is 0 Å². The molecule has 30 heavy (non-hydrogen) atoms. The number of aromatic nitrogens is 1. The highest BCUT2D eigenvalue weighted by molar-refractivity contribution is 5.91. The van der Waals surface area contributed by atoms with Crippen LogP contribution in [0.3, 0.4) is 0 Å². The molecule has 3 heterocycles. The molecule has 0 spiro atoms. The van der Waals surface area contributed by atoms with Crippen molar-refractivity contribution in [1.29, 1.82) is 0 Å². The zero-order chi connectivity index (χ0) is 21.3. The molecule has 0 radical (unpaired) electrons.